The third-order valence-corrected chi connectivity index (χ3v) is 5.11. The normalized spacial score (nSPS) is 36.4. The molecule has 0 amide bonds. The summed E-state index contributed by atoms with van der Waals surface area (Å²) in [5.41, 5.74) is 0. The number of nitrogens with zero attached hydrogens (tertiary/aromatic N) is 2. The van der Waals surface area contributed by atoms with Crippen LogP contribution in [-0.4, -0.2) is 61.1 Å². The maximum Gasteiger partial charge on any atom is 0.0215 e. The zero-order chi connectivity index (χ0) is 10.7. The zero-order valence-electron chi connectivity index (χ0n) is 10.1. The van der Waals surface area contributed by atoms with Crippen molar-refractivity contribution in [3.8, 4) is 0 Å². The first-order valence-electron chi connectivity index (χ1n) is 6.24. The van der Waals surface area contributed by atoms with Crippen LogP contribution in [0.5, 0.6) is 0 Å². The second-order valence-corrected chi connectivity index (χ2v) is 6.54. The molecule has 2 heterocycles. The average molecular weight is 228 g/mol. The van der Waals surface area contributed by atoms with E-state index in [9.17, 15) is 0 Å². The van der Waals surface area contributed by atoms with Crippen molar-refractivity contribution in [2.45, 2.75) is 24.5 Å². The molecule has 15 heavy (non-hydrogen) atoms. The molecule has 0 saturated carbocycles. The van der Waals surface area contributed by atoms with Gasteiger partial charge in [0.15, 0.2) is 0 Å². The van der Waals surface area contributed by atoms with Gasteiger partial charge in [-0.3, -0.25) is 0 Å². The van der Waals surface area contributed by atoms with E-state index in [4.69, 9.17) is 0 Å². The van der Waals surface area contributed by atoms with Gasteiger partial charge in [-0.05, 0) is 39.4 Å². The van der Waals surface area contributed by atoms with Gasteiger partial charge in [0.2, 0.25) is 0 Å². The van der Waals surface area contributed by atoms with Gasteiger partial charge in [0.1, 0.15) is 0 Å². The topological polar surface area (TPSA) is 6.48 Å². The van der Waals surface area contributed by atoms with Crippen molar-refractivity contribution in [1.29, 1.82) is 0 Å². The van der Waals surface area contributed by atoms with Gasteiger partial charge in [0, 0.05) is 30.6 Å². The minimum atomic E-state index is 0.893. The molecule has 2 aliphatic heterocycles. The van der Waals surface area contributed by atoms with Crippen LogP contribution in [0.25, 0.3) is 0 Å². The molecular weight excluding hydrogens is 204 g/mol. The highest BCUT2D eigenvalue weighted by Gasteiger charge is 2.28. The van der Waals surface area contributed by atoms with Crippen molar-refractivity contribution >= 4 is 11.8 Å². The Morgan fingerprint density at radius 2 is 1.80 bits per heavy atom. The van der Waals surface area contributed by atoms with Crippen LogP contribution >= 0.6 is 11.8 Å². The lowest BCUT2D eigenvalue weighted by atomic mass is 9.98. The molecule has 0 aromatic carbocycles. The number of hydrogen-bond acceptors (Lipinski definition) is 3. The van der Waals surface area contributed by atoms with Crippen molar-refractivity contribution in [3.63, 3.8) is 0 Å². The van der Waals surface area contributed by atoms with Gasteiger partial charge >= 0.3 is 0 Å². The monoisotopic (exact) mass is 228 g/mol. The van der Waals surface area contributed by atoms with Gasteiger partial charge in [-0.2, -0.15) is 11.8 Å². The standard InChI is InChI=1S/C12H24N2S/c1-13-6-4-3-5-11(9-13)12-10-14(2)7-8-15-12/h11-12H,3-10H2,1-2H3. The van der Waals surface area contributed by atoms with Crippen LogP contribution in [0.1, 0.15) is 19.3 Å². The van der Waals surface area contributed by atoms with E-state index in [0.29, 0.717) is 0 Å². The van der Waals surface area contributed by atoms with Gasteiger partial charge in [-0.15, -0.1) is 0 Å². The summed E-state index contributed by atoms with van der Waals surface area (Å²) in [5.74, 6) is 2.27. The first-order valence-corrected chi connectivity index (χ1v) is 7.29. The minimum Gasteiger partial charge on any atom is -0.306 e. The van der Waals surface area contributed by atoms with Crippen molar-refractivity contribution in [1.82, 2.24) is 9.80 Å². The number of rotatable bonds is 1. The van der Waals surface area contributed by atoms with Crippen molar-refractivity contribution < 1.29 is 0 Å². The third kappa shape index (κ3) is 3.36. The molecule has 0 bridgehead atoms. The molecular formula is C12H24N2S. The molecule has 0 N–H and O–H groups in total. The fourth-order valence-corrected chi connectivity index (χ4v) is 4.34. The summed E-state index contributed by atoms with van der Waals surface area (Å²) in [5, 5.41) is 0.893. The highest BCUT2D eigenvalue weighted by molar-refractivity contribution is 8.00. The molecule has 88 valence electrons. The van der Waals surface area contributed by atoms with Gasteiger partial charge in [0.25, 0.3) is 0 Å². The van der Waals surface area contributed by atoms with Gasteiger partial charge in [-0.25, -0.2) is 0 Å². The molecule has 0 aromatic rings. The molecule has 2 aliphatic rings. The molecule has 0 aromatic heterocycles. The number of hydrogen-bond donors (Lipinski definition) is 0. The van der Waals surface area contributed by atoms with Crippen LogP contribution < -0.4 is 0 Å². The predicted octanol–water partition coefficient (Wildman–Crippen LogP) is 1.77. The summed E-state index contributed by atoms with van der Waals surface area (Å²) < 4.78 is 0. The minimum absolute atomic E-state index is 0.893. The van der Waals surface area contributed by atoms with Gasteiger partial charge in [0.05, 0.1) is 0 Å². The number of likely N-dealkylation sites (tertiary alicyclic amines) is 1. The summed E-state index contributed by atoms with van der Waals surface area (Å²) in [6.07, 6.45) is 4.30. The van der Waals surface area contributed by atoms with E-state index >= 15 is 0 Å². The highest BCUT2D eigenvalue weighted by Crippen LogP contribution is 2.30. The fraction of sp³-hybridized carbons (Fsp3) is 1.00. The molecule has 2 fully saturated rings. The second kappa shape index (κ2) is 5.55. The van der Waals surface area contributed by atoms with Gasteiger partial charge in [-0.1, -0.05) is 6.42 Å². The Hall–Kier alpha value is 0.270. The van der Waals surface area contributed by atoms with Crippen LogP contribution in [0, 0.1) is 5.92 Å². The van der Waals surface area contributed by atoms with E-state index in [1.165, 1.54) is 51.2 Å². The molecule has 0 aliphatic carbocycles. The largest absolute Gasteiger partial charge is 0.306 e. The van der Waals surface area contributed by atoms with E-state index < -0.39 is 0 Å². The van der Waals surface area contributed by atoms with Crippen LogP contribution in [0.3, 0.4) is 0 Å². The van der Waals surface area contributed by atoms with Crippen molar-refractivity contribution in [2.75, 3.05) is 46.0 Å². The van der Waals surface area contributed by atoms with Crippen molar-refractivity contribution in [2.24, 2.45) is 5.92 Å². The molecule has 0 spiro atoms. The molecule has 3 heteroatoms. The van der Waals surface area contributed by atoms with Crippen LogP contribution in [-0.2, 0) is 0 Å². The predicted molar refractivity (Wildman–Crippen MR) is 68.6 cm³/mol. The first kappa shape index (κ1) is 11.7. The van der Waals surface area contributed by atoms with Crippen LogP contribution in [0.4, 0.5) is 0 Å². The average Bonchev–Trinajstić information content (AvgIpc) is 2.43. The van der Waals surface area contributed by atoms with E-state index in [0.717, 1.165) is 11.2 Å². The molecule has 2 saturated heterocycles. The fourth-order valence-electron chi connectivity index (χ4n) is 2.77. The lowest BCUT2D eigenvalue weighted by molar-refractivity contribution is 0.258. The summed E-state index contributed by atoms with van der Waals surface area (Å²) in [4.78, 5) is 5.04. The second-order valence-electron chi connectivity index (χ2n) is 5.19. The Morgan fingerprint density at radius 3 is 2.60 bits per heavy atom. The van der Waals surface area contributed by atoms with E-state index in [2.05, 4.69) is 35.7 Å². The van der Waals surface area contributed by atoms with Crippen LogP contribution in [0.15, 0.2) is 0 Å². The van der Waals surface area contributed by atoms with Gasteiger partial charge < -0.3 is 9.80 Å². The van der Waals surface area contributed by atoms with Crippen molar-refractivity contribution in [3.05, 3.63) is 0 Å². The molecule has 2 unspecified atom stereocenters. The third-order valence-electron chi connectivity index (χ3n) is 3.73. The lowest BCUT2D eigenvalue weighted by Gasteiger charge is -2.35. The van der Waals surface area contributed by atoms with Crippen LogP contribution in [0.2, 0.25) is 0 Å². The Balaban J connectivity index is 1.89. The summed E-state index contributed by atoms with van der Waals surface area (Å²) in [6, 6.07) is 0. The molecule has 2 rings (SSSR count). The van der Waals surface area contributed by atoms with E-state index in [1.54, 1.807) is 0 Å². The Labute approximate surface area is 98.4 Å². The maximum absolute atomic E-state index is 2.53. The Kier molecular flexibility index (Phi) is 4.35. The van der Waals surface area contributed by atoms with E-state index in [1.807, 2.05) is 0 Å². The quantitative estimate of drug-likeness (QED) is 0.675. The SMILES string of the molecule is CN1CCCCC(C2CN(C)CCS2)C1. The maximum atomic E-state index is 2.53. The Morgan fingerprint density at radius 1 is 1.00 bits per heavy atom. The summed E-state index contributed by atoms with van der Waals surface area (Å²) in [6.45, 7) is 5.22. The first-order chi connectivity index (χ1) is 7.25. The smallest absolute Gasteiger partial charge is 0.0215 e. The highest BCUT2D eigenvalue weighted by atomic mass is 32.2. The summed E-state index contributed by atoms with van der Waals surface area (Å²) in [7, 11) is 4.56. The Bertz CT molecular complexity index is 198. The molecule has 2 nitrogen and oxygen atoms in total. The van der Waals surface area contributed by atoms with E-state index in [-0.39, 0.29) is 0 Å². The zero-order valence-corrected chi connectivity index (χ0v) is 10.9. The molecule has 0 radical (unpaired) electrons. The summed E-state index contributed by atoms with van der Waals surface area (Å²) >= 11 is 2.22. The number of thioether (sulfide) groups is 1. The molecule has 2 atom stereocenters. The lowest BCUT2D eigenvalue weighted by Crippen LogP contribution is -2.41.